The molecule has 2 rings (SSSR count). The first-order chi connectivity index (χ1) is 8.77. The summed E-state index contributed by atoms with van der Waals surface area (Å²) in [6.07, 6.45) is 0.957. The van der Waals surface area contributed by atoms with E-state index < -0.39 is 0 Å². The van der Waals surface area contributed by atoms with Crippen molar-refractivity contribution in [3.05, 3.63) is 35.9 Å². The van der Waals surface area contributed by atoms with Crippen LogP contribution in [0.1, 0.15) is 16.8 Å². The quantitative estimate of drug-likeness (QED) is 0.828. The summed E-state index contributed by atoms with van der Waals surface area (Å²) in [5.74, 6) is -0.104. The van der Waals surface area contributed by atoms with Gasteiger partial charge in [0.25, 0.3) is 5.91 Å². The number of benzene rings is 1. The Morgan fingerprint density at radius 1 is 1.33 bits per heavy atom. The van der Waals surface area contributed by atoms with E-state index in [2.05, 4.69) is 10.6 Å². The number of hydrogen-bond acceptors (Lipinski definition) is 2. The number of amides is 3. The van der Waals surface area contributed by atoms with Crippen LogP contribution in [-0.4, -0.2) is 43.0 Å². The molecule has 1 aromatic carbocycles. The second-order valence-electron chi connectivity index (χ2n) is 4.19. The van der Waals surface area contributed by atoms with E-state index in [-0.39, 0.29) is 11.9 Å². The van der Waals surface area contributed by atoms with Crippen molar-refractivity contribution in [3.8, 4) is 0 Å². The van der Waals surface area contributed by atoms with Crippen molar-refractivity contribution in [2.75, 3.05) is 26.2 Å². The van der Waals surface area contributed by atoms with Crippen molar-refractivity contribution in [1.82, 2.24) is 15.5 Å². The van der Waals surface area contributed by atoms with E-state index in [1.165, 1.54) is 0 Å². The molecule has 0 radical (unpaired) electrons. The molecule has 1 heterocycles. The van der Waals surface area contributed by atoms with Gasteiger partial charge in [0.15, 0.2) is 0 Å². The number of rotatable bonds is 4. The summed E-state index contributed by atoms with van der Waals surface area (Å²) in [5.41, 5.74) is 0.639. The lowest BCUT2D eigenvalue weighted by Gasteiger charge is -2.27. The molecule has 1 aliphatic rings. The van der Waals surface area contributed by atoms with Crippen LogP contribution in [0, 0.1) is 0 Å². The van der Waals surface area contributed by atoms with Gasteiger partial charge in [-0.1, -0.05) is 18.2 Å². The Hall–Kier alpha value is -2.04. The molecule has 3 amide bonds. The predicted octanol–water partition coefficient (Wildman–Crippen LogP) is 0.832. The summed E-state index contributed by atoms with van der Waals surface area (Å²) in [6.45, 7) is 2.52. The Labute approximate surface area is 106 Å². The highest BCUT2D eigenvalue weighted by atomic mass is 16.2. The molecular weight excluding hydrogens is 230 g/mol. The fourth-order valence-electron chi connectivity index (χ4n) is 1.89. The minimum atomic E-state index is -0.104. The highest BCUT2D eigenvalue weighted by molar-refractivity contribution is 5.94. The van der Waals surface area contributed by atoms with E-state index in [0.29, 0.717) is 18.7 Å². The molecular formula is C13H17N3O2. The van der Waals surface area contributed by atoms with E-state index in [1.807, 2.05) is 18.2 Å². The van der Waals surface area contributed by atoms with Crippen molar-refractivity contribution >= 4 is 11.9 Å². The van der Waals surface area contributed by atoms with E-state index in [4.69, 9.17) is 0 Å². The summed E-state index contributed by atoms with van der Waals surface area (Å²) in [4.78, 5) is 24.9. The van der Waals surface area contributed by atoms with Gasteiger partial charge in [0, 0.05) is 31.7 Å². The van der Waals surface area contributed by atoms with Crippen molar-refractivity contribution in [2.24, 2.45) is 0 Å². The van der Waals surface area contributed by atoms with Gasteiger partial charge in [0.05, 0.1) is 0 Å². The van der Waals surface area contributed by atoms with Crippen LogP contribution in [0.5, 0.6) is 0 Å². The third kappa shape index (κ3) is 3.23. The number of nitrogens with zero attached hydrogens (tertiary/aromatic N) is 1. The molecule has 0 spiro atoms. The Balaban J connectivity index is 1.75. The standard InChI is InChI=1S/C13H17N3O2/c17-12(11-5-2-1-3-6-11)14-8-10-16-9-4-7-15-13(16)18/h1-3,5-6H,4,7-10H2,(H,14,17)(H,15,18). The molecule has 0 saturated carbocycles. The molecule has 2 N–H and O–H groups in total. The van der Waals surface area contributed by atoms with Crippen molar-refractivity contribution < 1.29 is 9.59 Å². The maximum absolute atomic E-state index is 11.7. The van der Waals surface area contributed by atoms with Gasteiger partial charge >= 0.3 is 6.03 Å². The van der Waals surface area contributed by atoms with Crippen LogP contribution >= 0.6 is 0 Å². The van der Waals surface area contributed by atoms with E-state index in [1.54, 1.807) is 17.0 Å². The molecule has 1 aliphatic heterocycles. The number of urea groups is 1. The molecule has 1 fully saturated rings. The van der Waals surface area contributed by atoms with Crippen molar-refractivity contribution in [3.63, 3.8) is 0 Å². The number of nitrogens with one attached hydrogen (secondary N) is 2. The summed E-state index contributed by atoms with van der Waals surface area (Å²) >= 11 is 0. The first-order valence-corrected chi connectivity index (χ1v) is 6.13. The topological polar surface area (TPSA) is 61.4 Å². The molecule has 0 aliphatic carbocycles. The lowest BCUT2D eigenvalue weighted by atomic mass is 10.2. The van der Waals surface area contributed by atoms with Crippen LogP contribution in [0.25, 0.3) is 0 Å². The lowest BCUT2D eigenvalue weighted by molar-refractivity contribution is 0.0948. The monoisotopic (exact) mass is 247 g/mol. The van der Waals surface area contributed by atoms with Gasteiger partial charge in [-0.3, -0.25) is 4.79 Å². The van der Waals surface area contributed by atoms with Crippen molar-refractivity contribution in [1.29, 1.82) is 0 Å². The Kier molecular flexibility index (Phi) is 4.17. The Bertz CT molecular complexity index is 420. The molecule has 96 valence electrons. The molecule has 1 saturated heterocycles. The average Bonchev–Trinajstić information content (AvgIpc) is 2.42. The highest BCUT2D eigenvalue weighted by Crippen LogP contribution is 1.99. The van der Waals surface area contributed by atoms with Crippen LogP contribution in [0.3, 0.4) is 0 Å². The summed E-state index contributed by atoms with van der Waals surface area (Å²) in [7, 11) is 0. The fourth-order valence-corrected chi connectivity index (χ4v) is 1.89. The smallest absolute Gasteiger partial charge is 0.317 e. The van der Waals surface area contributed by atoms with Crippen LogP contribution in [0.2, 0.25) is 0 Å². The number of carbonyl (C=O) groups excluding carboxylic acids is 2. The SMILES string of the molecule is O=C(NCCN1CCCNC1=O)c1ccccc1. The first-order valence-electron chi connectivity index (χ1n) is 6.13. The maximum atomic E-state index is 11.7. The van der Waals surface area contributed by atoms with E-state index in [9.17, 15) is 9.59 Å². The molecule has 0 aromatic heterocycles. The lowest BCUT2D eigenvalue weighted by Crippen LogP contribution is -2.48. The largest absolute Gasteiger partial charge is 0.350 e. The Morgan fingerprint density at radius 2 is 2.11 bits per heavy atom. The Morgan fingerprint density at radius 3 is 2.83 bits per heavy atom. The molecule has 5 heteroatoms. The van der Waals surface area contributed by atoms with Gasteiger partial charge in [0.2, 0.25) is 0 Å². The summed E-state index contributed by atoms with van der Waals surface area (Å²) < 4.78 is 0. The molecule has 5 nitrogen and oxygen atoms in total. The molecule has 0 unspecified atom stereocenters. The van der Waals surface area contributed by atoms with Gasteiger partial charge < -0.3 is 15.5 Å². The average molecular weight is 247 g/mol. The van der Waals surface area contributed by atoms with Crippen molar-refractivity contribution in [2.45, 2.75) is 6.42 Å². The van der Waals surface area contributed by atoms with Crippen LogP contribution in [0.4, 0.5) is 4.79 Å². The van der Waals surface area contributed by atoms with Gasteiger partial charge in [-0.2, -0.15) is 0 Å². The van der Waals surface area contributed by atoms with Crippen LogP contribution in [0.15, 0.2) is 30.3 Å². The van der Waals surface area contributed by atoms with E-state index in [0.717, 1.165) is 19.5 Å². The number of hydrogen-bond donors (Lipinski definition) is 2. The first kappa shape index (κ1) is 12.4. The molecule has 18 heavy (non-hydrogen) atoms. The molecule has 0 atom stereocenters. The minimum Gasteiger partial charge on any atom is -0.350 e. The highest BCUT2D eigenvalue weighted by Gasteiger charge is 2.16. The minimum absolute atomic E-state index is 0.0461. The van der Waals surface area contributed by atoms with Gasteiger partial charge in [0.1, 0.15) is 0 Å². The second-order valence-corrected chi connectivity index (χ2v) is 4.19. The fraction of sp³-hybridized carbons (Fsp3) is 0.385. The normalized spacial score (nSPS) is 15.1. The van der Waals surface area contributed by atoms with Crippen LogP contribution in [-0.2, 0) is 0 Å². The van der Waals surface area contributed by atoms with Gasteiger partial charge in [-0.25, -0.2) is 4.79 Å². The summed E-state index contributed by atoms with van der Waals surface area (Å²) in [5, 5.41) is 5.58. The zero-order chi connectivity index (χ0) is 12.8. The third-order valence-electron chi connectivity index (χ3n) is 2.87. The molecule has 0 bridgehead atoms. The van der Waals surface area contributed by atoms with Crippen LogP contribution < -0.4 is 10.6 Å². The second kappa shape index (κ2) is 6.05. The summed E-state index contributed by atoms with van der Waals surface area (Å²) in [6, 6.07) is 9.01. The predicted molar refractivity (Wildman–Crippen MR) is 68.4 cm³/mol. The zero-order valence-corrected chi connectivity index (χ0v) is 10.2. The molecule has 1 aromatic rings. The maximum Gasteiger partial charge on any atom is 0.317 e. The van der Waals surface area contributed by atoms with Gasteiger partial charge in [-0.15, -0.1) is 0 Å². The van der Waals surface area contributed by atoms with E-state index >= 15 is 0 Å². The third-order valence-corrected chi connectivity index (χ3v) is 2.87. The van der Waals surface area contributed by atoms with Gasteiger partial charge in [-0.05, 0) is 18.6 Å². The number of carbonyl (C=O) groups is 2. The zero-order valence-electron chi connectivity index (χ0n) is 10.2.